The SMILES string of the molecule is CNCC1CCN(C(=O)CCCCCc2ccc(OC)cc2)CC1. The molecule has 0 atom stereocenters. The van der Waals surface area contributed by atoms with Gasteiger partial charge in [0.2, 0.25) is 5.91 Å². The van der Waals surface area contributed by atoms with Crippen molar-refractivity contribution in [3.05, 3.63) is 29.8 Å². The highest BCUT2D eigenvalue weighted by molar-refractivity contribution is 5.76. The van der Waals surface area contributed by atoms with E-state index in [0.29, 0.717) is 12.3 Å². The molecule has 0 spiro atoms. The van der Waals surface area contributed by atoms with E-state index in [2.05, 4.69) is 22.3 Å². The molecular weight excluding hydrogens is 300 g/mol. The average molecular weight is 332 g/mol. The molecule has 1 heterocycles. The Morgan fingerprint density at radius 3 is 2.50 bits per heavy atom. The van der Waals surface area contributed by atoms with E-state index in [1.165, 1.54) is 5.56 Å². The van der Waals surface area contributed by atoms with Gasteiger partial charge in [0.15, 0.2) is 0 Å². The summed E-state index contributed by atoms with van der Waals surface area (Å²) in [6.45, 7) is 2.96. The van der Waals surface area contributed by atoms with Crippen LogP contribution in [0, 0.1) is 5.92 Å². The largest absolute Gasteiger partial charge is 0.497 e. The molecule has 4 nitrogen and oxygen atoms in total. The van der Waals surface area contributed by atoms with Crippen LogP contribution in [0.3, 0.4) is 0 Å². The number of hydrogen-bond donors (Lipinski definition) is 1. The fourth-order valence-corrected chi connectivity index (χ4v) is 3.41. The van der Waals surface area contributed by atoms with Gasteiger partial charge in [-0.15, -0.1) is 0 Å². The molecule has 0 radical (unpaired) electrons. The van der Waals surface area contributed by atoms with E-state index in [1.54, 1.807) is 7.11 Å². The summed E-state index contributed by atoms with van der Waals surface area (Å²) in [6, 6.07) is 8.27. The Balaban J connectivity index is 1.56. The molecule has 1 saturated heterocycles. The van der Waals surface area contributed by atoms with E-state index in [1.807, 2.05) is 19.2 Å². The summed E-state index contributed by atoms with van der Waals surface area (Å²) in [5, 5.41) is 3.24. The quantitative estimate of drug-likeness (QED) is 0.706. The molecule has 1 aliphatic rings. The Hall–Kier alpha value is -1.55. The number of rotatable bonds is 9. The number of carbonyl (C=O) groups is 1. The van der Waals surface area contributed by atoms with Crippen molar-refractivity contribution in [2.75, 3.05) is 33.8 Å². The van der Waals surface area contributed by atoms with Crippen LogP contribution in [0.25, 0.3) is 0 Å². The Morgan fingerprint density at radius 2 is 1.88 bits per heavy atom. The highest BCUT2D eigenvalue weighted by Crippen LogP contribution is 2.18. The minimum Gasteiger partial charge on any atom is -0.497 e. The molecule has 134 valence electrons. The predicted octanol–water partition coefficient (Wildman–Crippen LogP) is 3.26. The summed E-state index contributed by atoms with van der Waals surface area (Å²) in [5.41, 5.74) is 1.34. The molecule has 1 fully saturated rings. The zero-order chi connectivity index (χ0) is 17.2. The molecule has 0 unspecified atom stereocenters. The predicted molar refractivity (Wildman–Crippen MR) is 98.4 cm³/mol. The first-order chi connectivity index (χ1) is 11.7. The lowest BCUT2D eigenvalue weighted by Gasteiger charge is -2.32. The van der Waals surface area contributed by atoms with Gasteiger partial charge in [-0.1, -0.05) is 18.6 Å². The number of benzene rings is 1. The molecule has 1 aromatic rings. The van der Waals surface area contributed by atoms with Gasteiger partial charge in [0.1, 0.15) is 5.75 Å². The lowest BCUT2D eigenvalue weighted by atomic mass is 9.96. The normalized spacial score (nSPS) is 15.5. The van der Waals surface area contributed by atoms with Gasteiger partial charge in [0, 0.05) is 19.5 Å². The molecule has 0 saturated carbocycles. The van der Waals surface area contributed by atoms with Gasteiger partial charge in [-0.2, -0.15) is 0 Å². The summed E-state index contributed by atoms with van der Waals surface area (Å²) in [4.78, 5) is 14.3. The van der Waals surface area contributed by atoms with Crippen molar-refractivity contribution in [2.24, 2.45) is 5.92 Å². The zero-order valence-corrected chi connectivity index (χ0v) is 15.2. The molecule has 4 heteroatoms. The third kappa shape index (κ3) is 6.16. The summed E-state index contributed by atoms with van der Waals surface area (Å²) in [6.07, 6.45) is 7.34. The van der Waals surface area contributed by atoms with Crippen molar-refractivity contribution in [3.63, 3.8) is 0 Å². The number of likely N-dealkylation sites (tertiary alicyclic amines) is 1. The summed E-state index contributed by atoms with van der Waals surface area (Å²) >= 11 is 0. The maximum atomic E-state index is 12.3. The lowest BCUT2D eigenvalue weighted by molar-refractivity contribution is -0.132. The first-order valence-electron chi connectivity index (χ1n) is 9.28. The number of nitrogens with one attached hydrogen (secondary N) is 1. The van der Waals surface area contributed by atoms with Crippen LogP contribution >= 0.6 is 0 Å². The van der Waals surface area contributed by atoms with Crippen LogP contribution in [0.1, 0.15) is 44.1 Å². The molecule has 2 rings (SSSR count). The number of unbranched alkanes of at least 4 members (excludes halogenated alkanes) is 2. The monoisotopic (exact) mass is 332 g/mol. The highest BCUT2D eigenvalue weighted by atomic mass is 16.5. The Labute approximate surface area is 146 Å². The molecule has 1 aromatic carbocycles. The second-order valence-electron chi connectivity index (χ2n) is 6.79. The first kappa shape index (κ1) is 18.8. The van der Waals surface area contributed by atoms with Crippen LogP contribution in [0.5, 0.6) is 5.75 Å². The fourth-order valence-electron chi connectivity index (χ4n) is 3.41. The Bertz CT molecular complexity index is 479. The van der Waals surface area contributed by atoms with E-state index in [4.69, 9.17) is 4.74 Å². The number of nitrogens with zero attached hydrogens (tertiary/aromatic N) is 1. The van der Waals surface area contributed by atoms with Crippen LogP contribution in [-0.4, -0.2) is 44.6 Å². The van der Waals surface area contributed by atoms with Gasteiger partial charge in [-0.05, 0) is 69.3 Å². The van der Waals surface area contributed by atoms with E-state index in [9.17, 15) is 4.79 Å². The smallest absolute Gasteiger partial charge is 0.222 e. The number of ether oxygens (including phenoxy) is 1. The van der Waals surface area contributed by atoms with Crippen molar-refractivity contribution >= 4 is 5.91 Å². The minimum absolute atomic E-state index is 0.349. The zero-order valence-electron chi connectivity index (χ0n) is 15.2. The number of amides is 1. The summed E-state index contributed by atoms with van der Waals surface area (Å²) < 4.78 is 5.17. The van der Waals surface area contributed by atoms with Gasteiger partial charge in [-0.25, -0.2) is 0 Å². The molecule has 0 bridgehead atoms. The number of aryl methyl sites for hydroxylation is 1. The van der Waals surface area contributed by atoms with Crippen LogP contribution in [0.4, 0.5) is 0 Å². The van der Waals surface area contributed by atoms with Crippen molar-refractivity contribution in [1.82, 2.24) is 10.2 Å². The minimum atomic E-state index is 0.349. The number of hydrogen-bond acceptors (Lipinski definition) is 3. The van der Waals surface area contributed by atoms with Gasteiger partial charge in [0.05, 0.1) is 7.11 Å². The number of methoxy groups -OCH3 is 1. The molecule has 1 aliphatic heterocycles. The van der Waals surface area contributed by atoms with Crippen molar-refractivity contribution < 1.29 is 9.53 Å². The standard InChI is InChI=1S/C20H32N2O2/c1-21-16-18-12-14-22(15-13-18)20(23)7-5-3-4-6-17-8-10-19(24-2)11-9-17/h8-11,18,21H,3-7,12-16H2,1-2H3. The van der Waals surface area contributed by atoms with Gasteiger partial charge >= 0.3 is 0 Å². The third-order valence-electron chi connectivity index (χ3n) is 4.98. The van der Waals surface area contributed by atoms with Gasteiger partial charge < -0.3 is 15.0 Å². The fraction of sp³-hybridized carbons (Fsp3) is 0.650. The van der Waals surface area contributed by atoms with Crippen LogP contribution in [0.15, 0.2) is 24.3 Å². The Kier molecular flexibility index (Phi) is 8.10. The van der Waals surface area contributed by atoms with Crippen molar-refractivity contribution in [3.8, 4) is 5.75 Å². The first-order valence-corrected chi connectivity index (χ1v) is 9.28. The highest BCUT2D eigenvalue weighted by Gasteiger charge is 2.21. The average Bonchev–Trinajstić information content (AvgIpc) is 2.62. The molecular formula is C20H32N2O2. The molecule has 0 aromatic heterocycles. The summed E-state index contributed by atoms with van der Waals surface area (Å²) in [7, 11) is 3.69. The van der Waals surface area contributed by atoms with E-state index in [-0.39, 0.29) is 0 Å². The topological polar surface area (TPSA) is 41.6 Å². The lowest BCUT2D eigenvalue weighted by Crippen LogP contribution is -2.40. The molecule has 24 heavy (non-hydrogen) atoms. The Morgan fingerprint density at radius 1 is 1.17 bits per heavy atom. The van der Waals surface area contributed by atoms with E-state index < -0.39 is 0 Å². The van der Waals surface area contributed by atoms with Crippen LogP contribution in [-0.2, 0) is 11.2 Å². The molecule has 1 N–H and O–H groups in total. The number of piperidine rings is 1. The van der Waals surface area contributed by atoms with Crippen LogP contribution < -0.4 is 10.1 Å². The maximum Gasteiger partial charge on any atom is 0.222 e. The van der Waals surface area contributed by atoms with E-state index >= 15 is 0 Å². The van der Waals surface area contributed by atoms with Gasteiger partial charge in [-0.3, -0.25) is 4.79 Å². The second-order valence-corrected chi connectivity index (χ2v) is 6.79. The third-order valence-corrected chi connectivity index (χ3v) is 4.98. The van der Waals surface area contributed by atoms with E-state index in [0.717, 1.165) is 69.8 Å². The second kappa shape index (κ2) is 10.3. The maximum absolute atomic E-state index is 12.3. The molecule has 0 aliphatic carbocycles. The van der Waals surface area contributed by atoms with Crippen LogP contribution in [0.2, 0.25) is 0 Å². The number of carbonyl (C=O) groups excluding carboxylic acids is 1. The van der Waals surface area contributed by atoms with Gasteiger partial charge in [0.25, 0.3) is 0 Å². The summed E-state index contributed by atoms with van der Waals surface area (Å²) in [5.74, 6) is 1.99. The van der Waals surface area contributed by atoms with Crippen molar-refractivity contribution in [1.29, 1.82) is 0 Å². The molecule has 1 amide bonds. The van der Waals surface area contributed by atoms with Crippen molar-refractivity contribution in [2.45, 2.75) is 44.9 Å².